The summed E-state index contributed by atoms with van der Waals surface area (Å²) in [7, 11) is 1.64. The molecule has 1 N–H and O–H groups in total. The van der Waals surface area contributed by atoms with E-state index in [0.29, 0.717) is 12.4 Å². The van der Waals surface area contributed by atoms with Gasteiger partial charge in [-0.15, -0.1) is 0 Å². The van der Waals surface area contributed by atoms with Crippen molar-refractivity contribution in [2.75, 3.05) is 7.11 Å². The second kappa shape index (κ2) is 4.97. The third-order valence-corrected chi connectivity index (χ3v) is 2.59. The van der Waals surface area contributed by atoms with Crippen LogP contribution in [0.4, 0.5) is 0 Å². The number of rotatable bonds is 4. The summed E-state index contributed by atoms with van der Waals surface area (Å²) in [6.07, 6.45) is 1.44. The van der Waals surface area contributed by atoms with Crippen LogP contribution in [0, 0.1) is 6.92 Å². The first-order valence-corrected chi connectivity index (χ1v) is 5.35. The molecule has 2 aromatic rings. The molecule has 0 aliphatic rings. The van der Waals surface area contributed by atoms with Crippen molar-refractivity contribution >= 4 is 0 Å². The Bertz CT molecular complexity index is 508. The monoisotopic (exact) mass is 233 g/mol. The molecule has 5 nitrogen and oxygen atoms in total. The minimum Gasteiger partial charge on any atom is -0.496 e. The molecule has 0 unspecified atom stereocenters. The highest BCUT2D eigenvalue weighted by Crippen LogP contribution is 2.20. The molecule has 0 aliphatic heterocycles. The fourth-order valence-corrected chi connectivity index (χ4v) is 1.73. The maximum Gasteiger partial charge on any atom is 0.152 e. The standard InChI is InChI=1S/C12H15N3O2/c1-9-3-4-11(17-2)10(5-9)6-15-12(7-16)13-8-14-15/h3-5,8,16H,6-7H2,1-2H3. The number of aryl methyl sites for hydroxylation is 1. The van der Waals surface area contributed by atoms with Crippen LogP contribution in [0.5, 0.6) is 5.75 Å². The Morgan fingerprint density at radius 2 is 2.24 bits per heavy atom. The van der Waals surface area contributed by atoms with Crippen molar-refractivity contribution in [3.63, 3.8) is 0 Å². The second-order valence-electron chi connectivity index (χ2n) is 3.81. The predicted molar refractivity (Wildman–Crippen MR) is 62.8 cm³/mol. The molecule has 5 heteroatoms. The third-order valence-electron chi connectivity index (χ3n) is 2.59. The molecule has 0 radical (unpaired) electrons. The minimum atomic E-state index is -0.117. The van der Waals surface area contributed by atoms with E-state index < -0.39 is 0 Å². The fourth-order valence-electron chi connectivity index (χ4n) is 1.73. The van der Waals surface area contributed by atoms with Gasteiger partial charge < -0.3 is 9.84 Å². The molecule has 0 saturated heterocycles. The van der Waals surface area contributed by atoms with Gasteiger partial charge in [-0.25, -0.2) is 9.67 Å². The van der Waals surface area contributed by atoms with Gasteiger partial charge in [-0.05, 0) is 13.0 Å². The number of aromatic nitrogens is 3. The molecule has 0 saturated carbocycles. The first kappa shape index (κ1) is 11.6. The van der Waals surface area contributed by atoms with E-state index in [1.165, 1.54) is 6.33 Å². The van der Waals surface area contributed by atoms with Crippen molar-refractivity contribution in [1.82, 2.24) is 14.8 Å². The molecule has 0 amide bonds. The number of hydrogen-bond donors (Lipinski definition) is 1. The van der Waals surface area contributed by atoms with Crippen LogP contribution >= 0.6 is 0 Å². The Morgan fingerprint density at radius 3 is 2.94 bits per heavy atom. The lowest BCUT2D eigenvalue weighted by Crippen LogP contribution is -2.08. The lowest BCUT2D eigenvalue weighted by atomic mass is 10.1. The molecule has 0 aliphatic carbocycles. The van der Waals surface area contributed by atoms with E-state index in [2.05, 4.69) is 10.1 Å². The average molecular weight is 233 g/mol. The lowest BCUT2D eigenvalue weighted by molar-refractivity contribution is 0.263. The number of aliphatic hydroxyl groups excluding tert-OH is 1. The fraction of sp³-hybridized carbons (Fsp3) is 0.333. The second-order valence-corrected chi connectivity index (χ2v) is 3.81. The Morgan fingerprint density at radius 1 is 1.41 bits per heavy atom. The van der Waals surface area contributed by atoms with E-state index in [-0.39, 0.29) is 6.61 Å². The zero-order chi connectivity index (χ0) is 12.3. The lowest BCUT2D eigenvalue weighted by Gasteiger charge is -2.10. The number of nitrogens with zero attached hydrogens (tertiary/aromatic N) is 3. The molecule has 1 aromatic carbocycles. The van der Waals surface area contributed by atoms with Crippen molar-refractivity contribution in [3.05, 3.63) is 41.5 Å². The maximum atomic E-state index is 9.11. The van der Waals surface area contributed by atoms with Gasteiger partial charge in [-0.2, -0.15) is 5.10 Å². The molecule has 90 valence electrons. The molecule has 1 heterocycles. The highest BCUT2D eigenvalue weighted by molar-refractivity contribution is 5.36. The third kappa shape index (κ3) is 2.45. The Labute approximate surface area is 99.7 Å². The Balaban J connectivity index is 2.32. The smallest absolute Gasteiger partial charge is 0.152 e. The van der Waals surface area contributed by atoms with Crippen LogP contribution in [0.15, 0.2) is 24.5 Å². The molecule has 1 aromatic heterocycles. The van der Waals surface area contributed by atoms with Gasteiger partial charge in [-0.3, -0.25) is 0 Å². The van der Waals surface area contributed by atoms with Gasteiger partial charge >= 0.3 is 0 Å². The van der Waals surface area contributed by atoms with E-state index in [4.69, 9.17) is 9.84 Å². The number of aliphatic hydroxyl groups is 1. The molecule has 2 rings (SSSR count). The zero-order valence-electron chi connectivity index (χ0n) is 9.92. The van der Waals surface area contributed by atoms with Crippen LogP contribution in [0.2, 0.25) is 0 Å². The quantitative estimate of drug-likeness (QED) is 0.860. The summed E-state index contributed by atoms with van der Waals surface area (Å²) in [4.78, 5) is 3.97. The molecular formula is C12H15N3O2. The van der Waals surface area contributed by atoms with Crippen molar-refractivity contribution in [2.24, 2.45) is 0 Å². The normalized spacial score (nSPS) is 10.5. The van der Waals surface area contributed by atoms with Gasteiger partial charge in [0.05, 0.1) is 13.7 Å². The van der Waals surface area contributed by atoms with Gasteiger partial charge in [0.15, 0.2) is 5.82 Å². The summed E-state index contributed by atoms with van der Waals surface area (Å²) in [6.45, 7) is 2.45. The van der Waals surface area contributed by atoms with Crippen LogP contribution in [-0.4, -0.2) is 27.0 Å². The molecule has 0 spiro atoms. The molecule has 0 bridgehead atoms. The number of hydrogen-bond acceptors (Lipinski definition) is 4. The first-order chi connectivity index (χ1) is 8.24. The van der Waals surface area contributed by atoms with E-state index in [9.17, 15) is 0 Å². The number of methoxy groups -OCH3 is 1. The first-order valence-electron chi connectivity index (χ1n) is 5.35. The van der Waals surface area contributed by atoms with Gasteiger partial charge in [-0.1, -0.05) is 17.7 Å². The van der Waals surface area contributed by atoms with Crippen molar-refractivity contribution in [2.45, 2.75) is 20.1 Å². The largest absolute Gasteiger partial charge is 0.496 e. The number of ether oxygens (including phenoxy) is 1. The number of benzene rings is 1. The van der Waals surface area contributed by atoms with E-state index >= 15 is 0 Å². The summed E-state index contributed by atoms with van der Waals surface area (Å²) in [5, 5.41) is 13.2. The highest BCUT2D eigenvalue weighted by Gasteiger charge is 2.08. The predicted octanol–water partition coefficient (Wildman–Crippen LogP) is 1.14. The van der Waals surface area contributed by atoms with Crippen molar-refractivity contribution in [1.29, 1.82) is 0 Å². The minimum absolute atomic E-state index is 0.117. The summed E-state index contributed by atoms with van der Waals surface area (Å²) >= 11 is 0. The van der Waals surface area contributed by atoms with Gasteiger partial charge in [0.25, 0.3) is 0 Å². The Kier molecular flexibility index (Phi) is 3.39. The van der Waals surface area contributed by atoms with Gasteiger partial charge in [0.2, 0.25) is 0 Å². The summed E-state index contributed by atoms with van der Waals surface area (Å²) < 4.78 is 6.96. The van der Waals surface area contributed by atoms with Crippen molar-refractivity contribution < 1.29 is 9.84 Å². The van der Waals surface area contributed by atoms with Crippen LogP contribution in [0.3, 0.4) is 0 Å². The topological polar surface area (TPSA) is 60.2 Å². The molecular weight excluding hydrogens is 218 g/mol. The van der Waals surface area contributed by atoms with Crippen molar-refractivity contribution in [3.8, 4) is 5.75 Å². The molecule has 0 fully saturated rings. The van der Waals surface area contributed by atoms with Gasteiger partial charge in [0.1, 0.15) is 18.7 Å². The van der Waals surface area contributed by atoms with Gasteiger partial charge in [0, 0.05) is 5.56 Å². The van der Waals surface area contributed by atoms with E-state index in [0.717, 1.165) is 16.9 Å². The average Bonchev–Trinajstić information content (AvgIpc) is 2.77. The maximum absolute atomic E-state index is 9.11. The Hall–Kier alpha value is -1.88. The van der Waals surface area contributed by atoms with Crippen LogP contribution in [0.25, 0.3) is 0 Å². The highest BCUT2D eigenvalue weighted by atomic mass is 16.5. The molecule has 17 heavy (non-hydrogen) atoms. The molecule has 0 atom stereocenters. The zero-order valence-corrected chi connectivity index (χ0v) is 9.92. The summed E-state index contributed by atoms with van der Waals surface area (Å²) in [5.74, 6) is 1.36. The van der Waals surface area contributed by atoms with Crippen LogP contribution in [-0.2, 0) is 13.2 Å². The van der Waals surface area contributed by atoms with Crippen LogP contribution in [0.1, 0.15) is 17.0 Å². The van der Waals surface area contributed by atoms with E-state index in [1.54, 1.807) is 11.8 Å². The summed E-state index contributed by atoms with van der Waals surface area (Å²) in [5.41, 5.74) is 2.18. The SMILES string of the molecule is COc1ccc(C)cc1Cn1ncnc1CO. The van der Waals surface area contributed by atoms with Crippen LogP contribution < -0.4 is 4.74 Å². The van der Waals surface area contributed by atoms with E-state index in [1.807, 2.05) is 25.1 Å². The summed E-state index contributed by atoms with van der Waals surface area (Å²) in [6, 6.07) is 5.97.